The van der Waals surface area contributed by atoms with Crippen molar-refractivity contribution >= 4 is 11.3 Å². The van der Waals surface area contributed by atoms with Crippen LogP contribution in [-0.4, -0.2) is 21.5 Å². The summed E-state index contributed by atoms with van der Waals surface area (Å²) in [4.78, 5) is 22.3. The largest absolute Gasteiger partial charge is 0.330 e. The van der Waals surface area contributed by atoms with Crippen LogP contribution < -0.4 is 11.3 Å². The summed E-state index contributed by atoms with van der Waals surface area (Å²) in [5, 5.41) is 1.84. The van der Waals surface area contributed by atoms with Crippen molar-refractivity contribution in [2.45, 2.75) is 6.42 Å². The molecule has 0 spiro atoms. The molecule has 2 heterocycles. The molecule has 0 radical (unpaired) electrons. The molecule has 78 valence electrons. The third-order valence-electron chi connectivity index (χ3n) is 1.87. The van der Waals surface area contributed by atoms with Crippen molar-refractivity contribution in [1.29, 1.82) is 0 Å². The topological polar surface area (TPSA) is 84.7 Å². The second-order valence-electron chi connectivity index (χ2n) is 3.00. The summed E-state index contributed by atoms with van der Waals surface area (Å²) >= 11 is 1.46. The van der Waals surface area contributed by atoms with Crippen LogP contribution in [-0.2, 0) is 6.42 Å². The zero-order valence-electron chi connectivity index (χ0n) is 7.93. The first kappa shape index (κ1) is 10.0. The summed E-state index contributed by atoms with van der Waals surface area (Å²) in [5.41, 5.74) is 8.33. The fraction of sp³-hybridized carbons (Fsp3) is 0.222. The molecule has 0 fully saturated rings. The number of thiazole rings is 1. The minimum absolute atomic E-state index is 0.170. The van der Waals surface area contributed by atoms with E-state index in [9.17, 15) is 4.79 Å². The zero-order valence-corrected chi connectivity index (χ0v) is 8.75. The fourth-order valence-electron chi connectivity index (χ4n) is 1.23. The SMILES string of the molecule is NCCc1cc(=O)[nH]c(-c2cscn2)n1. The van der Waals surface area contributed by atoms with Gasteiger partial charge in [0.1, 0.15) is 5.69 Å². The van der Waals surface area contributed by atoms with Crippen molar-refractivity contribution < 1.29 is 0 Å². The molecule has 2 rings (SSSR count). The second kappa shape index (κ2) is 4.33. The van der Waals surface area contributed by atoms with Gasteiger partial charge in [-0.15, -0.1) is 11.3 Å². The number of nitrogens with one attached hydrogen (secondary N) is 1. The van der Waals surface area contributed by atoms with E-state index in [2.05, 4.69) is 15.0 Å². The lowest BCUT2D eigenvalue weighted by Gasteiger charge is -2.00. The molecular formula is C9H10N4OS. The fourth-order valence-corrected chi connectivity index (χ4v) is 1.77. The Balaban J connectivity index is 2.44. The highest BCUT2D eigenvalue weighted by Gasteiger charge is 2.04. The molecule has 0 amide bonds. The maximum Gasteiger partial charge on any atom is 0.251 e. The second-order valence-corrected chi connectivity index (χ2v) is 3.72. The minimum atomic E-state index is -0.170. The Morgan fingerprint density at radius 2 is 2.40 bits per heavy atom. The van der Waals surface area contributed by atoms with Crippen LogP contribution in [0.25, 0.3) is 11.5 Å². The van der Waals surface area contributed by atoms with Gasteiger partial charge in [-0.2, -0.15) is 0 Å². The molecule has 5 nitrogen and oxygen atoms in total. The monoisotopic (exact) mass is 222 g/mol. The van der Waals surface area contributed by atoms with E-state index in [0.717, 1.165) is 0 Å². The molecule has 3 N–H and O–H groups in total. The van der Waals surface area contributed by atoms with Crippen LogP contribution in [0.15, 0.2) is 21.8 Å². The highest BCUT2D eigenvalue weighted by Crippen LogP contribution is 2.12. The number of rotatable bonds is 3. The van der Waals surface area contributed by atoms with Gasteiger partial charge < -0.3 is 10.7 Å². The van der Waals surface area contributed by atoms with Gasteiger partial charge in [0, 0.05) is 23.6 Å². The van der Waals surface area contributed by atoms with Crippen molar-refractivity contribution in [1.82, 2.24) is 15.0 Å². The normalized spacial score (nSPS) is 10.5. The highest BCUT2D eigenvalue weighted by molar-refractivity contribution is 7.07. The van der Waals surface area contributed by atoms with Crippen molar-refractivity contribution in [3.05, 3.63) is 33.0 Å². The molecule has 2 aromatic heterocycles. The minimum Gasteiger partial charge on any atom is -0.330 e. The van der Waals surface area contributed by atoms with E-state index in [4.69, 9.17) is 5.73 Å². The smallest absolute Gasteiger partial charge is 0.251 e. The lowest BCUT2D eigenvalue weighted by molar-refractivity contribution is 0.904. The third-order valence-corrected chi connectivity index (χ3v) is 2.46. The quantitative estimate of drug-likeness (QED) is 0.787. The Morgan fingerprint density at radius 1 is 1.53 bits per heavy atom. The van der Waals surface area contributed by atoms with Gasteiger partial charge in [0.15, 0.2) is 5.82 Å². The van der Waals surface area contributed by atoms with Crippen LogP contribution in [0.3, 0.4) is 0 Å². The summed E-state index contributed by atoms with van der Waals surface area (Å²) in [7, 11) is 0. The Morgan fingerprint density at radius 3 is 3.07 bits per heavy atom. The zero-order chi connectivity index (χ0) is 10.7. The molecule has 6 heteroatoms. The Hall–Kier alpha value is -1.53. The van der Waals surface area contributed by atoms with Gasteiger partial charge in [0.2, 0.25) is 0 Å². The third kappa shape index (κ3) is 2.28. The van der Waals surface area contributed by atoms with Gasteiger partial charge in [0.25, 0.3) is 5.56 Å². The van der Waals surface area contributed by atoms with E-state index in [1.54, 1.807) is 5.51 Å². The van der Waals surface area contributed by atoms with Gasteiger partial charge in [-0.25, -0.2) is 9.97 Å². The van der Waals surface area contributed by atoms with Gasteiger partial charge >= 0.3 is 0 Å². The standard InChI is InChI=1S/C9H10N4OS/c10-2-1-6-3-8(14)13-9(12-6)7-4-15-5-11-7/h3-5H,1-2,10H2,(H,12,13,14). The lowest BCUT2D eigenvalue weighted by atomic mass is 10.3. The predicted molar refractivity (Wildman–Crippen MR) is 58.7 cm³/mol. The van der Waals surface area contributed by atoms with Crippen LogP contribution in [0, 0.1) is 0 Å². The molecule has 15 heavy (non-hydrogen) atoms. The van der Waals surface area contributed by atoms with Gasteiger partial charge in [-0.1, -0.05) is 0 Å². The summed E-state index contributed by atoms with van der Waals surface area (Å²) < 4.78 is 0. The molecule has 0 bridgehead atoms. The van der Waals surface area contributed by atoms with Crippen LogP contribution in [0.1, 0.15) is 5.69 Å². The van der Waals surface area contributed by atoms with E-state index in [0.29, 0.717) is 30.2 Å². The van der Waals surface area contributed by atoms with Crippen LogP contribution in [0.4, 0.5) is 0 Å². The summed E-state index contributed by atoms with van der Waals surface area (Å²) in [6.07, 6.45) is 0.598. The Kier molecular flexibility index (Phi) is 2.89. The molecule has 0 aliphatic heterocycles. The number of hydrogen-bond acceptors (Lipinski definition) is 5. The molecular weight excluding hydrogens is 212 g/mol. The Bertz CT molecular complexity index is 491. The van der Waals surface area contributed by atoms with E-state index in [-0.39, 0.29) is 5.56 Å². The number of hydrogen-bond donors (Lipinski definition) is 2. The van der Waals surface area contributed by atoms with E-state index in [1.165, 1.54) is 17.4 Å². The van der Waals surface area contributed by atoms with Crippen LogP contribution in [0.2, 0.25) is 0 Å². The molecule has 0 atom stereocenters. The predicted octanol–water partition coefficient (Wildman–Crippen LogP) is 0.395. The average molecular weight is 222 g/mol. The molecule has 0 aliphatic rings. The molecule has 0 aromatic carbocycles. The van der Waals surface area contributed by atoms with Gasteiger partial charge in [0.05, 0.1) is 5.51 Å². The van der Waals surface area contributed by atoms with Crippen molar-refractivity contribution in [2.75, 3.05) is 6.54 Å². The summed E-state index contributed by atoms with van der Waals surface area (Å²) in [6.45, 7) is 0.479. The summed E-state index contributed by atoms with van der Waals surface area (Å²) in [6, 6.07) is 1.46. The van der Waals surface area contributed by atoms with Crippen molar-refractivity contribution in [3.63, 3.8) is 0 Å². The molecule has 0 aliphatic carbocycles. The maximum absolute atomic E-state index is 11.3. The molecule has 2 aromatic rings. The van der Waals surface area contributed by atoms with E-state index >= 15 is 0 Å². The highest BCUT2D eigenvalue weighted by atomic mass is 32.1. The van der Waals surface area contributed by atoms with Crippen molar-refractivity contribution in [3.8, 4) is 11.5 Å². The number of H-pyrrole nitrogens is 1. The van der Waals surface area contributed by atoms with Crippen molar-refractivity contribution in [2.24, 2.45) is 5.73 Å². The van der Waals surface area contributed by atoms with Crippen LogP contribution >= 0.6 is 11.3 Å². The number of nitrogens with zero attached hydrogens (tertiary/aromatic N) is 2. The first-order valence-corrected chi connectivity index (χ1v) is 5.43. The summed E-state index contributed by atoms with van der Waals surface area (Å²) in [5.74, 6) is 0.507. The van der Waals surface area contributed by atoms with Crippen LogP contribution in [0.5, 0.6) is 0 Å². The first-order valence-electron chi connectivity index (χ1n) is 4.48. The molecule has 0 saturated heterocycles. The first-order chi connectivity index (χ1) is 7.29. The average Bonchev–Trinajstić information content (AvgIpc) is 2.70. The number of nitrogens with two attached hydrogens (primary N) is 1. The lowest BCUT2D eigenvalue weighted by Crippen LogP contribution is -2.13. The van der Waals surface area contributed by atoms with Gasteiger partial charge in [-0.3, -0.25) is 4.79 Å². The number of aromatic amines is 1. The molecule has 0 saturated carbocycles. The maximum atomic E-state index is 11.3. The molecule has 0 unspecified atom stereocenters. The van der Waals surface area contributed by atoms with E-state index < -0.39 is 0 Å². The van der Waals surface area contributed by atoms with E-state index in [1.807, 2.05) is 5.38 Å². The van der Waals surface area contributed by atoms with Gasteiger partial charge in [-0.05, 0) is 6.54 Å². The Labute approximate surface area is 90.0 Å². The number of aromatic nitrogens is 3.